The first-order valence-corrected chi connectivity index (χ1v) is 4.99. The van der Waals surface area contributed by atoms with Crippen molar-refractivity contribution >= 4 is 11.8 Å². The van der Waals surface area contributed by atoms with Gasteiger partial charge in [0.2, 0.25) is 0 Å². The van der Waals surface area contributed by atoms with Crippen molar-refractivity contribution in [3.05, 3.63) is 35.1 Å². The van der Waals surface area contributed by atoms with Gasteiger partial charge in [-0.25, -0.2) is 4.39 Å². The second kappa shape index (κ2) is 5.39. The number of ketones is 1. The molecule has 0 aliphatic rings. The van der Waals surface area contributed by atoms with E-state index < -0.39 is 17.6 Å². The zero-order valence-electron chi connectivity index (χ0n) is 9.25. The zero-order chi connectivity index (χ0) is 12.1. The predicted molar refractivity (Wildman–Crippen MR) is 56.7 cm³/mol. The van der Waals surface area contributed by atoms with Crippen LogP contribution < -0.4 is 0 Å². The maximum absolute atomic E-state index is 13.0. The van der Waals surface area contributed by atoms with Crippen molar-refractivity contribution in [2.75, 3.05) is 6.61 Å². The highest BCUT2D eigenvalue weighted by molar-refractivity contribution is 6.06. The second-order valence-corrected chi connectivity index (χ2v) is 3.42. The number of carbonyl (C=O) groups excluding carboxylic acids is 2. The lowest BCUT2D eigenvalue weighted by atomic mass is 10.1. The number of rotatable bonds is 4. The lowest BCUT2D eigenvalue weighted by molar-refractivity contribution is -0.141. The summed E-state index contributed by atoms with van der Waals surface area (Å²) in [4.78, 5) is 22.6. The molecule has 1 aromatic carbocycles. The van der Waals surface area contributed by atoms with E-state index in [0.29, 0.717) is 5.56 Å². The Balaban J connectivity index is 2.76. The first-order chi connectivity index (χ1) is 7.52. The van der Waals surface area contributed by atoms with Gasteiger partial charge in [0.15, 0.2) is 5.78 Å². The summed E-state index contributed by atoms with van der Waals surface area (Å²) >= 11 is 0. The average Bonchev–Trinajstić information content (AvgIpc) is 2.16. The summed E-state index contributed by atoms with van der Waals surface area (Å²) in [6.45, 7) is 3.58. The molecule has 0 bridgehead atoms. The van der Waals surface area contributed by atoms with Crippen LogP contribution in [0.3, 0.4) is 0 Å². The molecule has 0 aromatic heterocycles. The molecule has 0 spiro atoms. The Morgan fingerprint density at radius 2 is 2.00 bits per heavy atom. The van der Waals surface area contributed by atoms with E-state index in [4.69, 9.17) is 0 Å². The first kappa shape index (κ1) is 12.4. The van der Waals surface area contributed by atoms with Crippen LogP contribution in [-0.4, -0.2) is 18.4 Å². The Labute approximate surface area is 93.2 Å². The molecule has 0 amide bonds. The van der Waals surface area contributed by atoms with Crippen molar-refractivity contribution in [1.29, 1.82) is 0 Å². The highest BCUT2D eigenvalue weighted by Crippen LogP contribution is 2.10. The van der Waals surface area contributed by atoms with Crippen LogP contribution in [0.5, 0.6) is 0 Å². The fraction of sp³-hybridized carbons (Fsp3) is 0.333. The Morgan fingerprint density at radius 3 is 2.56 bits per heavy atom. The van der Waals surface area contributed by atoms with Crippen molar-refractivity contribution in [3.63, 3.8) is 0 Å². The van der Waals surface area contributed by atoms with Crippen LogP contribution in [0.15, 0.2) is 18.2 Å². The van der Waals surface area contributed by atoms with Crippen molar-refractivity contribution < 1.29 is 18.7 Å². The number of benzene rings is 1. The molecule has 0 aliphatic carbocycles. The van der Waals surface area contributed by atoms with Crippen LogP contribution in [0, 0.1) is 12.7 Å². The van der Waals surface area contributed by atoms with Gasteiger partial charge in [-0.15, -0.1) is 0 Å². The Hall–Kier alpha value is -1.71. The summed E-state index contributed by atoms with van der Waals surface area (Å²) in [5.74, 6) is -1.50. The molecular formula is C12H13FO3. The lowest BCUT2D eigenvalue weighted by Gasteiger charge is -2.03. The molecule has 0 fully saturated rings. The monoisotopic (exact) mass is 224 g/mol. The summed E-state index contributed by atoms with van der Waals surface area (Å²) in [6.07, 6.45) is -0.350. The van der Waals surface area contributed by atoms with Gasteiger partial charge in [0.1, 0.15) is 12.2 Å². The van der Waals surface area contributed by atoms with Crippen molar-refractivity contribution in [3.8, 4) is 0 Å². The van der Waals surface area contributed by atoms with E-state index in [1.54, 1.807) is 19.9 Å². The highest BCUT2D eigenvalue weighted by Gasteiger charge is 2.13. The van der Waals surface area contributed by atoms with E-state index in [-0.39, 0.29) is 18.6 Å². The van der Waals surface area contributed by atoms with Gasteiger partial charge >= 0.3 is 5.97 Å². The molecule has 1 aromatic rings. The maximum atomic E-state index is 13.0. The molecule has 0 atom stereocenters. The Morgan fingerprint density at radius 1 is 1.31 bits per heavy atom. The third-order valence-electron chi connectivity index (χ3n) is 1.97. The van der Waals surface area contributed by atoms with Gasteiger partial charge in [0.25, 0.3) is 0 Å². The van der Waals surface area contributed by atoms with E-state index >= 15 is 0 Å². The number of carbonyl (C=O) groups is 2. The number of Topliss-reactive ketones (excluding diaryl/α,β-unsaturated/α-hetero) is 1. The SMILES string of the molecule is CCOC(=O)CC(=O)c1cc(C)cc(F)c1. The minimum atomic E-state index is -0.589. The molecule has 0 saturated carbocycles. The number of hydrogen-bond acceptors (Lipinski definition) is 3. The topological polar surface area (TPSA) is 43.4 Å². The lowest BCUT2D eigenvalue weighted by Crippen LogP contribution is -2.11. The number of aryl methyl sites for hydroxylation is 1. The van der Waals surface area contributed by atoms with Crippen molar-refractivity contribution in [2.24, 2.45) is 0 Å². The van der Waals surface area contributed by atoms with Crippen LogP contribution in [-0.2, 0) is 9.53 Å². The van der Waals surface area contributed by atoms with Crippen LogP contribution in [0.2, 0.25) is 0 Å². The molecule has 0 aliphatic heterocycles. The summed E-state index contributed by atoms with van der Waals surface area (Å²) in [7, 11) is 0. The molecule has 16 heavy (non-hydrogen) atoms. The van der Waals surface area contributed by atoms with E-state index in [0.717, 1.165) is 6.07 Å². The largest absolute Gasteiger partial charge is 0.466 e. The molecule has 86 valence electrons. The third kappa shape index (κ3) is 3.46. The number of esters is 1. The molecule has 0 heterocycles. The summed E-state index contributed by atoms with van der Waals surface area (Å²) in [6, 6.07) is 3.99. The quantitative estimate of drug-likeness (QED) is 0.447. The third-order valence-corrected chi connectivity index (χ3v) is 1.97. The van der Waals surface area contributed by atoms with Gasteiger partial charge in [-0.05, 0) is 37.6 Å². The molecule has 0 N–H and O–H groups in total. The average molecular weight is 224 g/mol. The van der Waals surface area contributed by atoms with E-state index in [1.807, 2.05) is 0 Å². The molecule has 0 unspecified atom stereocenters. The summed E-state index contributed by atoms with van der Waals surface area (Å²) < 4.78 is 17.6. The number of hydrogen-bond donors (Lipinski definition) is 0. The summed E-state index contributed by atoms with van der Waals surface area (Å²) in [5.41, 5.74) is 0.845. The van der Waals surface area contributed by atoms with Gasteiger partial charge in [-0.1, -0.05) is 0 Å². The minimum absolute atomic E-state index is 0.200. The molecule has 0 saturated heterocycles. The van der Waals surface area contributed by atoms with Crippen molar-refractivity contribution in [1.82, 2.24) is 0 Å². The molecular weight excluding hydrogens is 211 g/mol. The van der Waals surface area contributed by atoms with E-state index in [9.17, 15) is 14.0 Å². The maximum Gasteiger partial charge on any atom is 0.313 e. The molecule has 0 radical (unpaired) electrons. The Bertz CT molecular complexity index is 392. The van der Waals surface area contributed by atoms with Gasteiger partial charge in [-0.3, -0.25) is 9.59 Å². The molecule has 1 rings (SSSR count). The van der Waals surface area contributed by atoms with Crippen LogP contribution in [0.1, 0.15) is 29.3 Å². The predicted octanol–water partition coefficient (Wildman–Crippen LogP) is 2.27. The molecule has 4 heteroatoms. The molecule has 3 nitrogen and oxygen atoms in total. The van der Waals surface area contributed by atoms with E-state index in [2.05, 4.69) is 4.74 Å². The number of halogens is 1. The first-order valence-electron chi connectivity index (χ1n) is 4.99. The second-order valence-electron chi connectivity index (χ2n) is 3.42. The zero-order valence-corrected chi connectivity index (χ0v) is 9.25. The van der Waals surface area contributed by atoms with Crippen LogP contribution in [0.4, 0.5) is 4.39 Å². The van der Waals surface area contributed by atoms with Gasteiger partial charge < -0.3 is 4.74 Å². The van der Waals surface area contributed by atoms with Crippen LogP contribution >= 0.6 is 0 Å². The summed E-state index contributed by atoms with van der Waals surface area (Å²) in [5, 5.41) is 0. The van der Waals surface area contributed by atoms with Crippen LogP contribution in [0.25, 0.3) is 0 Å². The van der Waals surface area contributed by atoms with Gasteiger partial charge in [0.05, 0.1) is 6.61 Å². The van der Waals surface area contributed by atoms with Gasteiger partial charge in [-0.2, -0.15) is 0 Å². The Kier molecular flexibility index (Phi) is 4.17. The van der Waals surface area contributed by atoms with Gasteiger partial charge in [0, 0.05) is 5.56 Å². The smallest absolute Gasteiger partial charge is 0.313 e. The minimum Gasteiger partial charge on any atom is -0.466 e. The number of ether oxygens (including phenoxy) is 1. The standard InChI is InChI=1S/C12H13FO3/c1-3-16-12(15)7-11(14)9-4-8(2)5-10(13)6-9/h4-6H,3,7H2,1-2H3. The fourth-order valence-corrected chi connectivity index (χ4v) is 1.34. The highest BCUT2D eigenvalue weighted by atomic mass is 19.1. The van der Waals surface area contributed by atoms with E-state index in [1.165, 1.54) is 6.07 Å². The van der Waals surface area contributed by atoms with Crippen molar-refractivity contribution in [2.45, 2.75) is 20.3 Å². The normalized spacial score (nSPS) is 9.94. The fourth-order valence-electron chi connectivity index (χ4n) is 1.34.